The van der Waals surface area contributed by atoms with E-state index >= 15 is 0 Å². The van der Waals surface area contributed by atoms with Gasteiger partial charge in [0.25, 0.3) is 11.8 Å². The molecule has 0 unspecified atom stereocenters. The number of nitrogens with zero attached hydrogens (tertiary/aromatic N) is 2. The molecule has 0 spiro atoms. The zero-order valence-corrected chi connectivity index (χ0v) is 25.1. The lowest BCUT2D eigenvalue weighted by Gasteiger charge is -2.40. The molecule has 0 bridgehead atoms. The summed E-state index contributed by atoms with van der Waals surface area (Å²) in [6.07, 6.45) is -0.211. The van der Waals surface area contributed by atoms with Gasteiger partial charge < -0.3 is 28.5 Å². The second-order valence-electron chi connectivity index (χ2n) is 11.0. The van der Waals surface area contributed by atoms with E-state index in [2.05, 4.69) is 4.98 Å². The number of carbonyl (C=O) groups is 5. The molecule has 2 aliphatic rings. The van der Waals surface area contributed by atoms with Crippen molar-refractivity contribution in [2.75, 3.05) is 13.7 Å². The number of fused-ring (bicyclic) bond motifs is 2. The normalized spacial score (nSPS) is 21.9. The van der Waals surface area contributed by atoms with Crippen molar-refractivity contribution >= 4 is 62.7 Å². The molecule has 1 saturated heterocycles. The Labute approximate surface area is 257 Å². The molecule has 45 heavy (non-hydrogen) atoms. The van der Waals surface area contributed by atoms with Gasteiger partial charge in [-0.1, -0.05) is 36.4 Å². The third-order valence-electron chi connectivity index (χ3n) is 8.03. The van der Waals surface area contributed by atoms with Crippen molar-refractivity contribution in [1.82, 2.24) is 14.5 Å². The molecule has 0 saturated carbocycles. The minimum absolute atomic E-state index is 0.0767. The first-order chi connectivity index (χ1) is 21.5. The van der Waals surface area contributed by atoms with Gasteiger partial charge in [-0.15, -0.1) is 0 Å². The Balaban J connectivity index is 1.50. The van der Waals surface area contributed by atoms with Crippen molar-refractivity contribution in [3.05, 3.63) is 72.1 Å². The number of nitrogens with one attached hydrogen (secondary N) is 1. The van der Waals surface area contributed by atoms with E-state index in [1.165, 1.54) is 27.8 Å². The first-order valence-electron chi connectivity index (χ1n) is 14.4. The van der Waals surface area contributed by atoms with Crippen molar-refractivity contribution in [3.8, 4) is 0 Å². The summed E-state index contributed by atoms with van der Waals surface area (Å²) in [5, 5.41) is 1.49. The lowest BCUT2D eigenvalue weighted by molar-refractivity contribution is -0.226. The van der Waals surface area contributed by atoms with E-state index in [0.29, 0.717) is 22.0 Å². The van der Waals surface area contributed by atoms with Crippen LogP contribution < -0.4 is 0 Å². The second-order valence-corrected chi connectivity index (χ2v) is 11.0. The number of aromatic amines is 1. The minimum atomic E-state index is -1.04. The van der Waals surface area contributed by atoms with Crippen LogP contribution in [0.3, 0.4) is 0 Å². The van der Waals surface area contributed by atoms with Crippen LogP contribution in [0.5, 0.6) is 0 Å². The van der Waals surface area contributed by atoms with Gasteiger partial charge in [0.1, 0.15) is 25.0 Å². The van der Waals surface area contributed by atoms with E-state index < -0.39 is 54.3 Å². The van der Waals surface area contributed by atoms with E-state index in [1.54, 1.807) is 17.0 Å². The Morgan fingerprint density at radius 3 is 2.20 bits per heavy atom. The topological polar surface area (TPSA) is 146 Å². The lowest BCUT2D eigenvalue weighted by atomic mass is 9.95. The predicted octanol–water partition coefficient (Wildman–Crippen LogP) is 3.75. The first-order valence-corrected chi connectivity index (χ1v) is 14.4. The van der Waals surface area contributed by atoms with Crippen molar-refractivity contribution < 1.29 is 42.9 Å². The molecular formula is C33H31N3O9. The van der Waals surface area contributed by atoms with Crippen LogP contribution in [0, 0.1) is 0 Å². The smallest absolute Gasteiger partial charge is 0.303 e. The Bertz CT molecular complexity index is 1900. The summed E-state index contributed by atoms with van der Waals surface area (Å²) in [6, 6.07) is 14.9. The van der Waals surface area contributed by atoms with Crippen molar-refractivity contribution in [1.29, 1.82) is 0 Å². The van der Waals surface area contributed by atoms with Gasteiger partial charge >= 0.3 is 17.9 Å². The molecule has 0 aliphatic carbocycles. The van der Waals surface area contributed by atoms with E-state index in [0.717, 1.165) is 15.8 Å². The van der Waals surface area contributed by atoms with Crippen molar-refractivity contribution in [2.24, 2.45) is 0 Å². The third-order valence-corrected chi connectivity index (χ3v) is 8.03. The highest BCUT2D eigenvalue weighted by atomic mass is 16.6. The molecule has 2 aromatic heterocycles. The molecule has 4 aromatic rings. The van der Waals surface area contributed by atoms with Crippen LogP contribution >= 0.6 is 0 Å². The number of H-pyrrole nitrogens is 1. The maximum Gasteiger partial charge on any atom is 0.303 e. The molecule has 1 fully saturated rings. The third kappa shape index (κ3) is 5.37. The standard InChI is InChI=1S/C33H31N3O9/c1-17(37)42-16-27-31(44-19(3)39)26(43-18(2)38)13-28(45-27)36-15-23(21-10-6-8-12-25(21)36)30-29(32(40)35(4)33(30)41)22-14-34-24-11-7-5-9-20(22)24/h5-12,14-15,26-28,31,34H,13,16H2,1-4H3/t26-,27-,28+,31+/m1/s1. The molecular weight excluding hydrogens is 582 g/mol. The highest BCUT2D eigenvalue weighted by Gasteiger charge is 2.45. The number of rotatable bonds is 7. The summed E-state index contributed by atoms with van der Waals surface area (Å²) in [4.78, 5) is 67.4. The fourth-order valence-corrected chi connectivity index (χ4v) is 6.15. The van der Waals surface area contributed by atoms with Gasteiger partial charge in [0.2, 0.25) is 0 Å². The number of ether oxygens (including phenoxy) is 4. The average molecular weight is 614 g/mol. The summed E-state index contributed by atoms with van der Waals surface area (Å²) < 4.78 is 24.5. The number of benzene rings is 2. The summed E-state index contributed by atoms with van der Waals surface area (Å²) in [5.41, 5.74) is 3.13. The maximum absolute atomic E-state index is 13.7. The number of hydrogen-bond donors (Lipinski definition) is 1. The maximum atomic E-state index is 13.7. The van der Waals surface area contributed by atoms with Gasteiger partial charge in [0.05, 0.1) is 16.7 Å². The molecule has 2 aromatic carbocycles. The van der Waals surface area contributed by atoms with Crippen LogP contribution in [-0.4, -0.2) is 76.1 Å². The van der Waals surface area contributed by atoms with Gasteiger partial charge in [-0.05, 0) is 12.1 Å². The number of carbonyl (C=O) groups excluding carboxylic acids is 5. The summed E-state index contributed by atoms with van der Waals surface area (Å²) in [5.74, 6) is -2.65. The Morgan fingerprint density at radius 1 is 0.867 bits per heavy atom. The molecule has 0 radical (unpaired) electrons. The summed E-state index contributed by atoms with van der Waals surface area (Å²) in [7, 11) is 1.45. The van der Waals surface area contributed by atoms with E-state index in [9.17, 15) is 24.0 Å². The zero-order valence-electron chi connectivity index (χ0n) is 25.1. The number of aromatic nitrogens is 2. The molecule has 1 N–H and O–H groups in total. The fraction of sp³-hybridized carbons (Fsp3) is 0.303. The minimum Gasteiger partial charge on any atom is -0.463 e. The number of esters is 3. The summed E-state index contributed by atoms with van der Waals surface area (Å²) >= 11 is 0. The molecule has 4 heterocycles. The van der Waals surface area contributed by atoms with Crippen molar-refractivity contribution in [3.63, 3.8) is 0 Å². The number of imide groups is 1. The number of amides is 2. The molecule has 4 atom stereocenters. The van der Waals surface area contributed by atoms with Crippen LogP contribution in [0.4, 0.5) is 0 Å². The van der Waals surface area contributed by atoms with Gasteiger partial charge in [0.15, 0.2) is 6.10 Å². The van der Waals surface area contributed by atoms with E-state index in [1.807, 2.05) is 48.5 Å². The zero-order chi connectivity index (χ0) is 32.0. The van der Waals surface area contributed by atoms with Crippen LogP contribution in [0.2, 0.25) is 0 Å². The Kier molecular flexibility index (Phi) is 7.75. The van der Waals surface area contributed by atoms with Crippen molar-refractivity contribution in [2.45, 2.75) is 51.7 Å². The highest BCUT2D eigenvalue weighted by molar-refractivity contribution is 6.50. The van der Waals surface area contributed by atoms with Gasteiger partial charge in [-0.3, -0.25) is 28.9 Å². The summed E-state index contributed by atoms with van der Waals surface area (Å²) in [6.45, 7) is 3.45. The van der Waals surface area contributed by atoms with Gasteiger partial charge in [0, 0.05) is 74.0 Å². The quantitative estimate of drug-likeness (QED) is 0.187. The van der Waals surface area contributed by atoms with Gasteiger partial charge in [-0.2, -0.15) is 0 Å². The molecule has 2 aliphatic heterocycles. The van der Waals surface area contributed by atoms with Crippen LogP contribution in [0.1, 0.15) is 44.5 Å². The van der Waals surface area contributed by atoms with E-state index in [4.69, 9.17) is 18.9 Å². The number of hydrogen-bond acceptors (Lipinski definition) is 9. The monoisotopic (exact) mass is 613 g/mol. The highest BCUT2D eigenvalue weighted by Crippen LogP contribution is 2.42. The fourth-order valence-electron chi connectivity index (χ4n) is 6.15. The molecule has 232 valence electrons. The largest absolute Gasteiger partial charge is 0.463 e. The molecule has 6 rings (SSSR count). The average Bonchev–Trinajstić information content (AvgIpc) is 3.65. The lowest BCUT2D eigenvalue weighted by Crippen LogP contribution is -2.52. The van der Waals surface area contributed by atoms with Crippen LogP contribution in [0.15, 0.2) is 60.9 Å². The van der Waals surface area contributed by atoms with Gasteiger partial charge in [-0.25, -0.2) is 0 Å². The SMILES string of the molecule is CC(=O)OC[C@H]1O[C@H](n2cc(C3=C(c4c[nH]c5ccccc45)C(=O)N(C)C3=O)c3ccccc32)C[C@@H](OC(C)=O)[C@@H]1OC(C)=O. The second kappa shape index (κ2) is 11.7. The first kappa shape index (κ1) is 29.8. The van der Waals surface area contributed by atoms with E-state index in [-0.39, 0.29) is 24.2 Å². The number of likely N-dealkylation sites (N-methyl/N-ethyl adjacent to an activating group) is 1. The molecule has 12 heteroatoms. The number of para-hydroxylation sites is 2. The predicted molar refractivity (Wildman–Crippen MR) is 161 cm³/mol. The Hall–Kier alpha value is -5.23. The van der Waals surface area contributed by atoms with Crippen LogP contribution in [-0.2, 0) is 42.9 Å². The Morgan fingerprint density at radius 2 is 1.51 bits per heavy atom. The molecule has 2 amide bonds. The van der Waals surface area contributed by atoms with Crippen LogP contribution in [0.25, 0.3) is 33.0 Å². The molecule has 12 nitrogen and oxygen atoms in total.